The van der Waals surface area contributed by atoms with Gasteiger partial charge in [0.1, 0.15) is 19.0 Å². The molecule has 1 heterocycles. The van der Waals surface area contributed by atoms with E-state index in [0.717, 1.165) is 32.8 Å². The van der Waals surface area contributed by atoms with E-state index in [2.05, 4.69) is 31.9 Å². The van der Waals surface area contributed by atoms with Crippen LogP contribution in [0.3, 0.4) is 0 Å². The molecular formula is C16H14Br2O3. The Morgan fingerprint density at radius 2 is 1.67 bits per heavy atom. The van der Waals surface area contributed by atoms with Gasteiger partial charge in [0.05, 0.1) is 11.9 Å². The van der Waals surface area contributed by atoms with Gasteiger partial charge in [-0.1, -0.05) is 44.0 Å². The predicted molar refractivity (Wildman–Crippen MR) is 88.9 cm³/mol. The quantitative estimate of drug-likeness (QED) is 0.681. The zero-order valence-corrected chi connectivity index (χ0v) is 14.6. The molecule has 0 fully saturated rings. The van der Waals surface area contributed by atoms with Crippen LogP contribution in [-0.2, 0) is 0 Å². The van der Waals surface area contributed by atoms with Crippen molar-refractivity contribution < 1.29 is 14.2 Å². The third kappa shape index (κ3) is 3.04. The number of hydrogen-bond donors (Lipinski definition) is 0. The number of rotatable bonds is 3. The van der Waals surface area contributed by atoms with E-state index < -0.39 is 0 Å². The van der Waals surface area contributed by atoms with E-state index in [9.17, 15) is 0 Å². The highest BCUT2D eigenvalue weighted by Crippen LogP contribution is 2.42. The molecule has 1 aliphatic heterocycles. The minimum Gasteiger partial charge on any atom is -0.497 e. The highest BCUT2D eigenvalue weighted by molar-refractivity contribution is 9.11. The van der Waals surface area contributed by atoms with Crippen LogP contribution in [0.1, 0.15) is 16.0 Å². The van der Waals surface area contributed by atoms with E-state index in [1.807, 2.05) is 36.4 Å². The average Bonchev–Trinajstić information content (AvgIpc) is 2.53. The van der Waals surface area contributed by atoms with Gasteiger partial charge in [-0.25, -0.2) is 0 Å². The Morgan fingerprint density at radius 1 is 1.05 bits per heavy atom. The van der Waals surface area contributed by atoms with Gasteiger partial charge < -0.3 is 14.2 Å². The summed E-state index contributed by atoms with van der Waals surface area (Å²) >= 11 is 7.36. The Bertz CT molecular complexity index is 641. The molecule has 0 amide bonds. The fraction of sp³-hybridized carbons (Fsp3) is 0.250. The minimum atomic E-state index is 0.0635. The van der Waals surface area contributed by atoms with Gasteiger partial charge in [0.2, 0.25) is 0 Å². The lowest BCUT2D eigenvalue weighted by molar-refractivity contribution is 0.171. The maximum absolute atomic E-state index is 5.65. The van der Waals surface area contributed by atoms with Crippen molar-refractivity contribution in [1.29, 1.82) is 0 Å². The van der Waals surface area contributed by atoms with Crippen molar-refractivity contribution in [3.8, 4) is 17.2 Å². The van der Waals surface area contributed by atoms with E-state index in [4.69, 9.17) is 14.2 Å². The van der Waals surface area contributed by atoms with Gasteiger partial charge in [-0.3, -0.25) is 0 Å². The maximum atomic E-state index is 5.65. The van der Waals surface area contributed by atoms with Gasteiger partial charge in [0.15, 0.2) is 11.5 Å². The van der Waals surface area contributed by atoms with E-state index in [1.54, 1.807) is 7.11 Å². The van der Waals surface area contributed by atoms with Crippen LogP contribution < -0.4 is 14.2 Å². The molecule has 0 spiro atoms. The van der Waals surface area contributed by atoms with E-state index >= 15 is 0 Å². The zero-order chi connectivity index (χ0) is 14.8. The predicted octanol–water partition coefficient (Wildman–Crippen LogP) is 4.71. The summed E-state index contributed by atoms with van der Waals surface area (Å²) in [7, 11) is 1.66. The summed E-state index contributed by atoms with van der Waals surface area (Å²) in [6.45, 7) is 1.18. The number of alkyl halides is 1. The summed E-state index contributed by atoms with van der Waals surface area (Å²) in [5.74, 6) is 2.42. The molecule has 1 atom stereocenters. The van der Waals surface area contributed by atoms with Crippen LogP contribution in [0.2, 0.25) is 0 Å². The third-order valence-corrected chi connectivity index (χ3v) is 5.05. The summed E-state index contributed by atoms with van der Waals surface area (Å²) < 4.78 is 17.4. The first-order valence-corrected chi connectivity index (χ1v) is 8.27. The second-order valence-electron chi connectivity index (χ2n) is 4.65. The second kappa shape index (κ2) is 6.28. The number of ether oxygens (including phenoxy) is 3. The van der Waals surface area contributed by atoms with Crippen molar-refractivity contribution in [2.75, 3.05) is 20.3 Å². The molecule has 2 aromatic rings. The van der Waals surface area contributed by atoms with Crippen LogP contribution >= 0.6 is 31.9 Å². The fourth-order valence-corrected chi connectivity index (χ4v) is 3.77. The van der Waals surface area contributed by atoms with E-state index in [0.29, 0.717) is 13.2 Å². The topological polar surface area (TPSA) is 27.7 Å². The molecule has 1 unspecified atom stereocenters. The summed E-state index contributed by atoms with van der Waals surface area (Å²) in [5, 5.41) is 0. The molecule has 0 radical (unpaired) electrons. The first-order valence-electron chi connectivity index (χ1n) is 6.56. The molecular weight excluding hydrogens is 400 g/mol. The summed E-state index contributed by atoms with van der Waals surface area (Å²) in [6, 6.07) is 12.0. The van der Waals surface area contributed by atoms with Gasteiger partial charge in [0, 0.05) is 4.47 Å². The molecule has 3 rings (SSSR count). The van der Waals surface area contributed by atoms with E-state index in [1.165, 1.54) is 0 Å². The number of benzene rings is 2. The van der Waals surface area contributed by atoms with Gasteiger partial charge in [-0.2, -0.15) is 0 Å². The Balaban J connectivity index is 1.94. The number of fused-ring (bicyclic) bond motifs is 1. The van der Waals surface area contributed by atoms with Gasteiger partial charge in [-0.05, 0) is 35.4 Å². The SMILES string of the molecule is COc1ccc(C(Br)c2cc3c(cc2Br)OCCO3)cc1. The molecule has 5 heteroatoms. The standard InChI is InChI=1S/C16H14Br2O3/c1-19-11-4-2-10(3-5-11)16(18)12-8-14-15(9-13(12)17)21-7-6-20-14/h2-5,8-9,16H,6-7H2,1H3. The Morgan fingerprint density at radius 3 is 2.29 bits per heavy atom. The lowest BCUT2D eigenvalue weighted by atomic mass is 10.0. The summed E-state index contributed by atoms with van der Waals surface area (Å²) in [6.07, 6.45) is 0. The highest BCUT2D eigenvalue weighted by Gasteiger charge is 2.20. The first kappa shape index (κ1) is 14.7. The van der Waals surface area contributed by atoms with Crippen molar-refractivity contribution in [2.45, 2.75) is 4.83 Å². The van der Waals surface area contributed by atoms with Gasteiger partial charge in [0.25, 0.3) is 0 Å². The van der Waals surface area contributed by atoms with Gasteiger partial charge in [-0.15, -0.1) is 0 Å². The number of halogens is 2. The average molecular weight is 414 g/mol. The van der Waals surface area contributed by atoms with Crippen LogP contribution in [0.25, 0.3) is 0 Å². The molecule has 0 bridgehead atoms. The van der Waals surface area contributed by atoms with Crippen molar-refractivity contribution in [2.24, 2.45) is 0 Å². The molecule has 1 aliphatic rings. The molecule has 110 valence electrons. The molecule has 2 aromatic carbocycles. The van der Waals surface area contributed by atoms with Gasteiger partial charge >= 0.3 is 0 Å². The Hall–Kier alpha value is -1.20. The van der Waals surface area contributed by atoms with Crippen LogP contribution in [-0.4, -0.2) is 20.3 Å². The second-order valence-corrected chi connectivity index (χ2v) is 6.42. The molecule has 0 aliphatic carbocycles. The minimum absolute atomic E-state index is 0.0635. The lowest BCUT2D eigenvalue weighted by Crippen LogP contribution is -2.15. The normalized spacial score (nSPS) is 14.6. The number of hydrogen-bond acceptors (Lipinski definition) is 3. The number of methoxy groups -OCH3 is 1. The molecule has 3 nitrogen and oxygen atoms in total. The van der Waals surface area contributed by atoms with Crippen LogP contribution in [0.5, 0.6) is 17.2 Å². The molecule has 0 saturated carbocycles. The molecule has 21 heavy (non-hydrogen) atoms. The van der Waals surface area contributed by atoms with E-state index in [-0.39, 0.29) is 4.83 Å². The van der Waals surface area contributed by atoms with Crippen LogP contribution in [0.15, 0.2) is 40.9 Å². The largest absolute Gasteiger partial charge is 0.497 e. The van der Waals surface area contributed by atoms with Crippen LogP contribution in [0, 0.1) is 0 Å². The summed E-state index contributed by atoms with van der Waals surface area (Å²) in [5.41, 5.74) is 2.25. The van der Waals surface area contributed by atoms with Crippen molar-refractivity contribution in [3.63, 3.8) is 0 Å². The van der Waals surface area contributed by atoms with Crippen molar-refractivity contribution in [3.05, 3.63) is 52.0 Å². The maximum Gasteiger partial charge on any atom is 0.162 e. The smallest absolute Gasteiger partial charge is 0.162 e. The van der Waals surface area contributed by atoms with Crippen molar-refractivity contribution >= 4 is 31.9 Å². The zero-order valence-electron chi connectivity index (χ0n) is 11.4. The van der Waals surface area contributed by atoms with Crippen LogP contribution in [0.4, 0.5) is 0 Å². The Labute approximate surface area is 140 Å². The van der Waals surface area contributed by atoms with Crippen molar-refractivity contribution in [1.82, 2.24) is 0 Å². The molecule has 0 saturated heterocycles. The fourth-order valence-electron chi connectivity index (χ4n) is 2.23. The highest BCUT2D eigenvalue weighted by atomic mass is 79.9. The summed E-state index contributed by atoms with van der Waals surface area (Å²) in [4.78, 5) is 0.0635. The molecule has 0 aromatic heterocycles. The molecule has 0 N–H and O–H groups in total. The Kier molecular flexibility index (Phi) is 4.40. The third-order valence-electron chi connectivity index (χ3n) is 3.34. The first-order chi connectivity index (χ1) is 10.2. The monoisotopic (exact) mass is 412 g/mol. The lowest BCUT2D eigenvalue weighted by Gasteiger charge is -2.21.